The average molecular weight is 264 g/mol. The topological polar surface area (TPSA) is 34.4 Å². The molecule has 0 fully saturated rings. The van der Waals surface area contributed by atoms with Gasteiger partial charge in [0, 0.05) is 6.20 Å². The fourth-order valence-corrected chi connectivity index (χ4v) is 2.01. The smallest absolute Gasteiger partial charge is 0.268 e. The van der Waals surface area contributed by atoms with Crippen molar-refractivity contribution in [1.29, 1.82) is 0 Å². The maximum absolute atomic E-state index is 12.9. The number of alkyl halides is 3. The standard InChI is InChI=1S/C13H7F3N2O/c14-13(15,16)9-5-3-4-8-11(9)17-10-6-1-2-7-18(10)12(8)19/h1-7H. The van der Waals surface area contributed by atoms with Crippen LogP contribution in [0.1, 0.15) is 5.56 Å². The summed E-state index contributed by atoms with van der Waals surface area (Å²) in [5.74, 6) is 0. The molecule has 96 valence electrons. The summed E-state index contributed by atoms with van der Waals surface area (Å²) in [5, 5.41) is -0.0430. The summed E-state index contributed by atoms with van der Waals surface area (Å²) in [6.07, 6.45) is -3.06. The van der Waals surface area contributed by atoms with Gasteiger partial charge in [0.05, 0.1) is 16.5 Å². The molecule has 2 heterocycles. The molecular weight excluding hydrogens is 257 g/mol. The van der Waals surface area contributed by atoms with E-state index in [0.29, 0.717) is 0 Å². The summed E-state index contributed by atoms with van der Waals surface area (Å²) in [6, 6.07) is 8.21. The molecule has 1 aromatic carbocycles. The van der Waals surface area contributed by atoms with E-state index in [2.05, 4.69) is 4.98 Å². The van der Waals surface area contributed by atoms with E-state index >= 15 is 0 Å². The Morgan fingerprint density at radius 3 is 2.58 bits per heavy atom. The molecule has 0 amide bonds. The average Bonchev–Trinajstić information content (AvgIpc) is 2.37. The first-order valence-corrected chi connectivity index (χ1v) is 5.46. The molecule has 0 spiro atoms. The molecule has 0 N–H and O–H groups in total. The van der Waals surface area contributed by atoms with Crippen molar-refractivity contribution in [3.63, 3.8) is 0 Å². The van der Waals surface area contributed by atoms with E-state index in [-0.39, 0.29) is 16.6 Å². The molecule has 0 aliphatic heterocycles. The maximum atomic E-state index is 12.9. The number of para-hydroxylation sites is 1. The largest absolute Gasteiger partial charge is 0.418 e. The molecule has 3 nitrogen and oxygen atoms in total. The second-order valence-corrected chi connectivity index (χ2v) is 4.05. The van der Waals surface area contributed by atoms with E-state index in [9.17, 15) is 18.0 Å². The highest BCUT2D eigenvalue weighted by atomic mass is 19.4. The molecule has 6 heteroatoms. The Kier molecular flexibility index (Phi) is 2.35. The quantitative estimate of drug-likeness (QED) is 0.585. The van der Waals surface area contributed by atoms with Gasteiger partial charge in [-0.2, -0.15) is 13.2 Å². The van der Waals surface area contributed by atoms with Gasteiger partial charge in [0.2, 0.25) is 0 Å². The molecule has 3 aromatic rings. The van der Waals surface area contributed by atoms with Crippen LogP contribution in [0.15, 0.2) is 47.4 Å². The number of pyridine rings is 1. The maximum Gasteiger partial charge on any atom is 0.418 e. The Bertz CT molecular complexity index is 837. The van der Waals surface area contributed by atoms with Crippen LogP contribution in [0, 0.1) is 0 Å². The van der Waals surface area contributed by atoms with Crippen LogP contribution in [0.2, 0.25) is 0 Å². The van der Waals surface area contributed by atoms with E-state index in [1.165, 1.54) is 28.8 Å². The number of fused-ring (bicyclic) bond motifs is 2. The number of benzene rings is 1. The van der Waals surface area contributed by atoms with Gasteiger partial charge in [-0.1, -0.05) is 12.1 Å². The lowest BCUT2D eigenvalue weighted by atomic mass is 10.1. The lowest BCUT2D eigenvalue weighted by Gasteiger charge is -2.10. The van der Waals surface area contributed by atoms with Crippen LogP contribution in [0.25, 0.3) is 16.6 Å². The third-order valence-electron chi connectivity index (χ3n) is 2.86. The lowest BCUT2D eigenvalue weighted by Crippen LogP contribution is -2.17. The third kappa shape index (κ3) is 1.76. The minimum atomic E-state index is -4.54. The highest BCUT2D eigenvalue weighted by molar-refractivity contribution is 5.83. The predicted molar refractivity (Wildman–Crippen MR) is 64.0 cm³/mol. The number of halogens is 3. The van der Waals surface area contributed by atoms with Gasteiger partial charge < -0.3 is 0 Å². The van der Waals surface area contributed by atoms with Gasteiger partial charge in [-0.15, -0.1) is 0 Å². The van der Waals surface area contributed by atoms with Gasteiger partial charge in [0.25, 0.3) is 5.56 Å². The summed E-state index contributed by atoms with van der Waals surface area (Å²) in [7, 11) is 0. The summed E-state index contributed by atoms with van der Waals surface area (Å²) in [6.45, 7) is 0. The van der Waals surface area contributed by atoms with Crippen LogP contribution in [-0.4, -0.2) is 9.38 Å². The van der Waals surface area contributed by atoms with Gasteiger partial charge in [0.1, 0.15) is 5.65 Å². The van der Waals surface area contributed by atoms with Gasteiger partial charge in [-0.3, -0.25) is 9.20 Å². The minimum Gasteiger partial charge on any atom is -0.268 e. The number of hydrogen-bond donors (Lipinski definition) is 0. The van der Waals surface area contributed by atoms with E-state index in [1.807, 2.05) is 0 Å². The zero-order valence-electron chi connectivity index (χ0n) is 9.48. The summed E-state index contributed by atoms with van der Waals surface area (Å²) >= 11 is 0. The number of nitrogens with zero attached hydrogens (tertiary/aromatic N) is 2. The van der Waals surface area contributed by atoms with Gasteiger partial charge >= 0.3 is 6.18 Å². The molecule has 0 aliphatic carbocycles. The Labute approximate surface area is 104 Å². The van der Waals surface area contributed by atoms with Crippen molar-refractivity contribution in [2.75, 3.05) is 0 Å². The van der Waals surface area contributed by atoms with Crippen LogP contribution in [0.5, 0.6) is 0 Å². The van der Waals surface area contributed by atoms with Gasteiger partial charge in [-0.25, -0.2) is 4.98 Å². The molecule has 19 heavy (non-hydrogen) atoms. The minimum absolute atomic E-state index is 0.0430. The molecule has 0 bridgehead atoms. The second kappa shape index (κ2) is 3.81. The first kappa shape index (κ1) is 11.7. The molecule has 0 saturated carbocycles. The molecule has 2 aromatic heterocycles. The summed E-state index contributed by atoms with van der Waals surface area (Å²) in [5.41, 5.74) is -1.52. The first-order valence-electron chi connectivity index (χ1n) is 5.46. The van der Waals surface area contributed by atoms with E-state index in [1.54, 1.807) is 12.1 Å². The molecular formula is C13H7F3N2O. The number of aromatic nitrogens is 2. The van der Waals surface area contributed by atoms with Crippen molar-refractivity contribution < 1.29 is 13.2 Å². The summed E-state index contributed by atoms with van der Waals surface area (Å²) in [4.78, 5) is 16.1. The lowest BCUT2D eigenvalue weighted by molar-refractivity contribution is -0.136. The van der Waals surface area contributed by atoms with Crippen molar-refractivity contribution in [3.05, 3.63) is 58.5 Å². The fourth-order valence-electron chi connectivity index (χ4n) is 2.01. The second-order valence-electron chi connectivity index (χ2n) is 4.05. The normalized spacial score (nSPS) is 12.2. The first-order chi connectivity index (χ1) is 8.98. The SMILES string of the molecule is O=c1c2cccc(C(F)(F)F)c2nc2ccccn12. The molecule has 0 aliphatic rings. The van der Waals surface area contributed by atoms with Crippen LogP contribution in [0.3, 0.4) is 0 Å². The number of hydrogen-bond acceptors (Lipinski definition) is 2. The van der Waals surface area contributed by atoms with E-state index in [4.69, 9.17) is 0 Å². The molecule has 0 unspecified atom stereocenters. The summed E-state index contributed by atoms with van der Waals surface area (Å²) < 4.78 is 39.9. The fraction of sp³-hybridized carbons (Fsp3) is 0.0769. The highest BCUT2D eigenvalue weighted by Crippen LogP contribution is 2.33. The Morgan fingerprint density at radius 2 is 1.84 bits per heavy atom. The van der Waals surface area contributed by atoms with E-state index in [0.717, 1.165) is 6.07 Å². The van der Waals surface area contributed by atoms with Gasteiger partial charge in [0.15, 0.2) is 0 Å². The van der Waals surface area contributed by atoms with Crippen molar-refractivity contribution in [1.82, 2.24) is 9.38 Å². The van der Waals surface area contributed by atoms with Crippen molar-refractivity contribution in [3.8, 4) is 0 Å². The molecule has 0 atom stereocenters. The zero-order chi connectivity index (χ0) is 13.6. The Balaban J connectivity index is 2.55. The molecule has 0 radical (unpaired) electrons. The monoisotopic (exact) mass is 264 g/mol. The molecule has 0 saturated heterocycles. The van der Waals surface area contributed by atoms with Crippen LogP contribution in [0.4, 0.5) is 13.2 Å². The van der Waals surface area contributed by atoms with Crippen LogP contribution in [-0.2, 0) is 6.18 Å². The third-order valence-corrected chi connectivity index (χ3v) is 2.86. The Hall–Kier alpha value is -2.37. The van der Waals surface area contributed by atoms with E-state index < -0.39 is 17.3 Å². The Morgan fingerprint density at radius 1 is 1.05 bits per heavy atom. The van der Waals surface area contributed by atoms with Crippen LogP contribution < -0.4 is 5.56 Å². The van der Waals surface area contributed by atoms with Crippen LogP contribution >= 0.6 is 0 Å². The predicted octanol–water partition coefficient (Wildman–Crippen LogP) is 2.87. The molecule has 3 rings (SSSR count). The number of rotatable bonds is 0. The van der Waals surface area contributed by atoms with Crippen molar-refractivity contribution in [2.45, 2.75) is 6.18 Å². The van der Waals surface area contributed by atoms with Crippen molar-refractivity contribution in [2.24, 2.45) is 0 Å². The van der Waals surface area contributed by atoms with Gasteiger partial charge in [-0.05, 0) is 24.3 Å². The zero-order valence-corrected chi connectivity index (χ0v) is 9.48. The highest BCUT2D eigenvalue weighted by Gasteiger charge is 2.33. The van der Waals surface area contributed by atoms with Crippen molar-refractivity contribution >= 4 is 16.6 Å².